The molecule has 0 aromatic rings. The average molecular weight is 1280 g/mol. The highest BCUT2D eigenvalue weighted by atomic mass is 31.1. The van der Waals surface area contributed by atoms with Crippen LogP contribution in [0.1, 0.15) is 86.0 Å². The molecule has 0 aliphatic carbocycles. The number of carboxylic acid groups (broad SMARTS) is 1. The van der Waals surface area contributed by atoms with E-state index in [1.165, 1.54) is 28.0 Å². The summed E-state index contributed by atoms with van der Waals surface area (Å²) >= 11 is 0. The van der Waals surface area contributed by atoms with Crippen LogP contribution >= 0.6 is 18.4 Å². The molecule has 0 saturated carbocycles. The van der Waals surface area contributed by atoms with Crippen molar-refractivity contribution in [2.45, 2.75) is 215 Å². The predicted octanol–water partition coefficient (Wildman–Crippen LogP) is -2.07. The number of rotatable bonds is 31. The minimum Gasteiger partial charge on any atom is -0.481 e. The SMILES string of the molecule is CCC(C=O)OC(C=O)OC.CCC(CO)OC.CCC(CO)OC(CO)OC.CCC(COC(=O)CCCC(=O)O)OC.CC[C@H]1O[C@H](OC[C@H]2O[C@H](OC[C@H]3O[C@H](OC)[C@H](O)[C@@H](O)[C@@H]3O)[C@H](O)[C@@H](O)[C@@H]2O)[C@H](O)[C@@H](O)[C@@H]1O.CPF.FP. The quantitative estimate of drug-likeness (QED) is 0.0153. The molecule has 0 radical (unpaired) electrons. The summed E-state index contributed by atoms with van der Waals surface area (Å²) in [4.78, 5) is 41.6. The van der Waals surface area contributed by atoms with Gasteiger partial charge in [-0.25, -0.2) is 8.39 Å². The Morgan fingerprint density at radius 3 is 1.31 bits per heavy atom. The molecule has 3 fully saturated rings. The predicted molar refractivity (Wildman–Crippen MR) is 295 cm³/mol. The van der Waals surface area contributed by atoms with Crippen molar-refractivity contribution in [1.29, 1.82) is 0 Å². The molecule has 504 valence electrons. The van der Waals surface area contributed by atoms with E-state index in [0.717, 1.165) is 22.4 Å². The van der Waals surface area contributed by atoms with Crippen molar-refractivity contribution in [2.24, 2.45) is 0 Å². The molecule has 3 aliphatic rings. The van der Waals surface area contributed by atoms with E-state index in [4.69, 9.17) is 77.3 Å². The minimum absolute atomic E-state index is 0.00339. The zero-order chi connectivity index (χ0) is 65.5. The number of aliphatic hydroxyl groups excluding tert-OH is 12. The summed E-state index contributed by atoms with van der Waals surface area (Å²) in [5.74, 6) is -1.27. The van der Waals surface area contributed by atoms with Crippen LogP contribution < -0.4 is 0 Å². The van der Waals surface area contributed by atoms with E-state index in [1.54, 1.807) is 28.1 Å². The molecule has 84 heavy (non-hydrogen) atoms. The molecular weight excluding hydrogens is 1180 g/mol. The lowest BCUT2D eigenvalue weighted by Crippen LogP contribution is -2.62. The lowest BCUT2D eigenvalue weighted by atomic mass is 9.97. The first kappa shape index (κ1) is 88.5. The largest absolute Gasteiger partial charge is 0.481 e. The van der Waals surface area contributed by atoms with Gasteiger partial charge < -0.3 is 133 Å². The molecule has 0 bridgehead atoms. The van der Waals surface area contributed by atoms with Crippen LogP contribution in [0, 0.1) is 0 Å². The van der Waals surface area contributed by atoms with Crippen molar-refractivity contribution in [2.75, 3.05) is 81.9 Å². The molecule has 0 spiro atoms. The van der Waals surface area contributed by atoms with Crippen LogP contribution in [0.15, 0.2) is 0 Å². The molecular formula is C50H100F2O30P2. The Kier molecular flexibility index (Phi) is 58.1. The second-order valence-corrected chi connectivity index (χ2v) is 18.2. The smallest absolute Gasteiger partial charge is 0.305 e. The fraction of sp³-hybridized carbons (Fsp3) is 0.920. The van der Waals surface area contributed by atoms with Gasteiger partial charge >= 0.3 is 11.9 Å². The number of carbonyl (C=O) groups is 4. The average Bonchev–Trinajstić information content (AvgIpc) is 3.45. The number of aliphatic carboxylic acids is 1. The van der Waals surface area contributed by atoms with E-state index in [1.807, 2.05) is 20.8 Å². The zero-order valence-corrected chi connectivity index (χ0v) is 51.9. The van der Waals surface area contributed by atoms with E-state index in [0.29, 0.717) is 38.3 Å². The van der Waals surface area contributed by atoms with E-state index < -0.39 is 139 Å². The third-order valence-corrected chi connectivity index (χ3v) is 12.1. The van der Waals surface area contributed by atoms with E-state index >= 15 is 0 Å². The van der Waals surface area contributed by atoms with Crippen molar-refractivity contribution in [3.05, 3.63) is 0 Å². The molecule has 0 aromatic carbocycles. The second kappa shape index (κ2) is 55.1. The number of aldehydes is 2. The number of carboxylic acids is 1. The summed E-state index contributed by atoms with van der Waals surface area (Å²) < 4.78 is 85.9. The van der Waals surface area contributed by atoms with Crippen molar-refractivity contribution in [1.82, 2.24) is 0 Å². The topological polar surface area (TPSA) is 451 Å². The molecule has 3 rings (SSSR count). The van der Waals surface area contributed by atoms with Crippen LogP contribution in [0.25, 0.3) is 0 Å². The molecule has 3 aliphatic heterocycles. The number of methoxy groups -OCH3 is 5. The van der Waals surface area contributed by atoms with Crippen molar-refractivity contribution < 1.29 is 156 Å². The number of halogens is 2. The van der Waals surface area contributed by atoms with Crippen molar-refractivity contribution in [3.8, 4) is 0 Å². The van der Waals surface area contributed by atoms with Gasteiger partial charge in [-0.05, 0) is 45.2 Å². The Bertz CT molecular complexity index is 1470. The van der Waals surface area contributed by atoms with Gasteiger partial charge in [-0.2, -0.15) is 0 Å². The van der Waals surface area contributed by atoms with Crippen LogP contribution in [0.3, 0.4) is 0 Å². The Morgan fingerprint density at radius 2 is 0.988 bits per heavy atom. The molecule has 13 N–H and O–H groups in total. The number of ether oxygens (including phenoxy) is 13. The molecule has 0 aromatic heterocycles. The van der Waals surface area contributed by atoms with Gasteiger partial charge in [0.15, 0.2) is 31.4 Å². The lowest BCUT2D eigenvalue weighted by Gasteiger charge is -2.43. The van der Waals surface area contributed by atoms with Gasteiger partial charge in [0.2, 0.25) is 6.29 Å². The van der Waals surface area contributed by atoms with E-state index in [2.05, 4.69) is 4.74 Å². The summed E-state index contributed by atoms with van der Waals surface area (Å²) in [5, 5.41) is 125. The first-order valence-corrected chi connectivity index (χ1v) is 28.6. The Morgan fingerprint density at radius 1 is 0.560 bits per heavy atom. The first-order chi connectivity index (χ1) is 39.9. The van der Waals surface area contributed by atoms with Gasteiger partial charge in [0.25, 0.3) is 0 Å². The number of carbonyl (C=O) groups excluding carboxylic acids is 3. The fourth-order valence-corrected chi connectivity index (χ4v) is 6.77. The maximum absolute atomic E-state index is 11.1. The lowest BCUT2D eigenvalue weighted by molar-refractivity contribution is -0.340. The van der Waals surface area contributed by atoms with Crippen LogP contribution in [0.5, 0.6) is 0 Å². The molecule has 8 unspecified atom stereocenters. The van der Waals surface area contributed by atoms with Crippen LogP contribution in [-0.4, -0.2) is 302 Å². The number of hydrogen-bond acceptors (Lipinski definition) is 29. The Labute approximate surface area is 494 Å². The highest BCUT2D eigenvalue weighted by Crippen LogP contribution is 2.28. The molecule has 0 amide bonds. The summed E-state index contributed by atoms with van der Waals surface area (Å²) in [5.41, 5.74) is 0. The van der Waals surface area contributed by atoms with Crippen LogP contribution in [0.2, 0.25) is 0 Å². The van der Waals surface area contributed by atoms with Gasteiger partial charge in [0.1, 0.15) is 86.1 Å². The van der Waals surface area contributed by atoms with Gasteiger partial charge in [0, 0.05) is 48.4 Å². The first-order valence-electron chi connectivity index (χ1n) is 26.8. The van der Waals surface area contributed by atoms with Crippen LogP contribution in [0.4, 0.5) is 8.39 Å². The summed E-state index contributed by atoms with van der Waals surface area (Å²) in [6, 6.07) is 0. The number of hydrogen-bond donors (Lipinski definition) is 13. The molecule has 34 heteroatoms. The highest BCUT2D eigenvalue weighted by molar-refractivity contribution is 7.30. The van der Waals surface area contributed by atoms with Crippen molar-refractivity contribution >= 4 is 43.0 Å². The third kappa shape index (κ3) is 36.5. The van der Waals surface area contributed by atoms with E-state index in [-0.39, 0.29) is 63.6 Å². The van der Waals surface area contributed by atoms with Gasteiger partial charge in [-0.3, -0.25) is 14.4 Å². The summed E-state index contributed by atoms with van der Waals surface area (Å²) in [7, 11) is 7.68. The maximum atomic E-state index is 11.1. The van der Waals surface area contributed by atoms with Crippen LogP contribution in [-0.2, 0) is 80.8 Å². The third-order valence-electron chi connectivity index (χ3n) is 12.1. The fourth-order valence-electron chi connectivity index (χ4n) is 6.77. The molecule has 3 heterocycles. The Balaban J connectivity index is -0.000000539. The number of esters is 1. The zero-order valence-electron chi connectivity index (χ0n) is 49.8. The Hall–Kier alpha value is -1.96. The van der Waals surface area contributed by atoms with E-state index in [9.17, 15) is 73.5 Å². The molecule has 23 atom stereocenters. The van der Waals surface area contributed by atoms with Gasteiger partial charge in [0.05, 0.1) is 75.9 Å². The van der Waals surface area contributed by atoms with Gasteiger partial charge in [-0.15, -0.1) is 0 Å². The normalized spacial score (nSPS) is 29.3. The molecule has 3 saturated heterocycles. The van der Waals surface area contributed by atoms with Gasteiger partial charge in [-0.1, -0.05) is 34.6 Å². The maximum Gasteiger partial charge on any atom is 0.305 e. The second-order valence-electron chi connectivity index (χ2n) is 17.8. The number of aliphatic hydroxyl groups is 12. The minimum atomic E-state index is -1.73. The standard InChI is InChI=1S/C20H36O15.C10H18O5.C7H16O4.C7H12O4.C5H12O2.CH4FP.FH2P/c1-3-6-9(21)12(24)16(28)19(33-6)31-5-8-11(23)14(26)17(29)20(35-8)32-4-7-10(22)13(25)15(27)18(30-2)34-7;1-3-8(14-2)7-15-10(13)6-4-5-9(11)12;2*1-3-6(4-8)11-7(5-9)10-2;1-3-5(4-6)7-2;1-3-2;1-2/h6-29H,3-5H2,1-2H3;8H,3-7H2,1-2H3,(H,11,12);6-9H,3-5H2,1-2H3;4-7H,3H2,1-2H3;5-6H,3-4H2,1-2H3;3H,1H3;2H2/t6-,7-,8-,9-,10-,11-,12+,13+,14+,15-,16-,17-,18+,19+,20+;;;;;;/m1....../s1. The summed E-state index contributed by atoms with van der Waals surface area (Å²) in [6.45, 7) is 9.98. The summed E-state index contributed by atoms with van der Waals surface area (Å²) in [6.07, 6.45) is -19.2. The highest BCUT2D eigenvalue weighted by Gasteiger charge is 2.49. The molecule has 30 nitrogen and oxygen atoms in total. The van der Waals surface area contributed by atoms with Crippen molar-refractivity contribution in [3.63, 3.8) is 0 Å². The monoisotopic (exact) mass is 1280 g/mol.